The second-order valence-corrected chi connectivity index (χ2v) is 7.76. The summed E-state index contributed by atoms with van der Waals surface area (Å²) >= 11 is 3.59. The van der Waals surface area contributed by atoms with E-state index in [4.69, 9.17) is 4.98 Å². The molecular formula is C15H22N2S2. The van der Waals surface area contributed by atoms with Crippen LogP contribution in [-0.4, -0.2) is 4.98 Å². The number of hydrogen-bond acceptors (Lipinski definition) is 4. The highest BCUT2D eigenvalue weighted by Gasteiger charge is 2.22. The number of thiazole rings is 1. The van der Waals surface area contributed by atoms with Gasteiger partial charge in [-0.25, -0.2) is 4.98 Å². The van der Waals surface area contributed by atoms with Crippen molar-refractivity contribution in [3.63, 3.8) is 0 Å². The summed E-state index contributed by atoms with van der Waals surface area (Å²) in [5.41, 5.74) is 2.66. The summed E-state index contributed by atoms with van der Waals surface area (Å²) in [5, 5.41) is 9.13. The summed E-state index contributed by atoms with van der Waals surface area (Å²) in [6.07, 6.45) is 0. The maximum Gasteiger partial charge on any atom is 0.0985 e. The van der Waals surface area contributed by atoms with Gasteiger partial charge < -0.3 is 5.32 Å². The van der Waals surface area contributed by atoms with Gasteiger partial charge in [-0.15, -0.1) is 11.3 Å². The van der Waals surface area contributed by atoms with E-state index in [1.54, 1.807) is 11.3 Å². The fourth-order valence-electron chi connectivity index (χ4n) is 1.89. The van der Waals surface area contributed by atoms with Crippen LogP contribution in [0, 0.1) is 6.92 Å². The molecule has 0 radical (unpaired) electrons. The Morgan fingerprint density at radius 3 is 2.63 bits per heavy atom. The molecule has 4 heteroatoms. The molecule has 0 fully saturated rings. The predicted molar refractivity (Wildman–Crippen MR) is 85.1 cm³/mol. The van der Waals surface area contributed by atoms with Crippen molar-refractivity contribution in [3.05, 3.63) is 38.0 Å². The van der Waals surface area contributed by atoms with Gasteiger partial charge in [0.15, 0.2) is 0 Å². The first-order chi connectivity index (χ1) is 8.88. The molecule has 0 spiro atoms. The van der Waals surface area contributed by atoms with Crippen molar-refractivity contribution in [3.8, 4) is 0 Å². The molecule has 0 aliphatic carbocycles. The van der Waals surface area contributed by atoms with Crippen molar-refractivity contribution in [2.75, 3.05) is 0 Å². The van der Waals surface area contributed by atoms with Gasteiger partial charge >= 0.3 is 0 Å². The normalized spacial score (nSPS) is 13.7. The average molecular weight is 294 g/mol. The third kappa shape index (κ3) is 3.65. The summed E-state index contributed by atoms with van der Waals surface area (Å²) in [5.74, 6) is 0. The van der Waals surface area contributed by atoms with Crippen molar-refractivity contribution < 1.29 is 0 Å². The molecule has 0 saturated carbocycles. The van der Waals surface area contributed by atoms with Gasteiger partial charge in [0, 0.05) is 22.9 Å². The summed E-state index contributed by atoms with van der Waals surface area (Å²) in [7, 11) is 0. The van der Waals surface area contributed by atoms with Gasteiger partial charge in [0.25, 0.3) is 0 Å². The summed E-state index contributed by atoms with van der Waals surface area (Å²) in [6, 6.07) is 2.53. The molecule has 0 aromatic carbocycles. The molecule has 0 saturated heterocycles. The summed E-state index contributed by atoms with van der Waals surface area (Å²) < 4.78 is 0. The minimum Gasteiger partial charge on any atom is -0.305 e. The van der Waals surface area contributed by atoms with Gasteiger partial charge in [0.2, 0.25) is 0 Å². The number of hydrogen-bond donors (Lipinski definition) is 1. The zero-order valence-electron chi connectivity index (χ0n) is 12.3. The Balaban J connectivity index is 2.06. The maximum absolute atomic E-state index is 4.73. The Labute approximate surface area is 123 Å². The lowest BCUT2D eigenvalue weighted by molar-refractivity contribution is 0.578. The highest BCUT2D eigenvalue weighted by molar-refractivity contribution is 7.12. The molecule has 1 unspecified atom stereocenters. The molecule has 0 aliphatic heterocycles. The van der Waals surface area contributed by atoms with Crippen molar-refractivity contribution in [2.24, 2.45) is 0 Å². The lowest BCUT2D eigenvalue weighted by atomic mass is 9.98. The molecule has 2 aromatic heterocycles. The number of aryl methyl sites for hydroxylation is 1. The van der Waals surface area contributed by atoms with Gasteiger partial charge in [-0.1, -0.05) is 20.8 Å². The minimum atomic E-state index is 0.140. The Morgan fingerprint density at radius 2 is 2.11 bits per heavy atom. The smallest absolute Gasteiger partial charge is 0.0985 e. The number of aromatic nitrogens is 1. The Kier molecular flexibility index (Phi) is 4.43. The van der Waals surface area contributed by atoms with E-state index in [-0.39, 0.29) is 5.41 Å². The molecule has 2 nitrogen and oxygen atoms in total. The molecule has 2 heterocycles. The average Bonchev–Trinajstić information content (AvgIpc) is 2.93. The maximum atomic E-state index is 4.73. The van der Waals surface area contributed by atoms with Crippen molar-refractivity contribution in [1.82, 2.24) is 10.3 Å². The second kappa shape index (κ2) is 5.73. The molecule has 0 amide bonds. The van der Waals surface area contributed by atoms with Crippen LogP contribution < -0.4 is 5.32 Å². The minimum absolute atomic E-state index is 0.140. The molecule has 2 aromatic rings. The third-order valence-electron chi connectivity index (χ3n) is 3.06. The quantitative estimate of drug-likeness (QED) is 0.887. The Hall–Kier alpha value is -0.710. The fraction of sp³-hybridized carbons (Fsp3) is 0.533. The summed E-state index contributed by atoms with van der Waals surface area (Å²) in [6.45, 7) is 11.9. The van der Waals surface area contributed by atoms with Crippen molar-refractivity contribution in [2.45, 2.75) is 52.6 Å². The van der Waals surface area contributed by atoms with Gasteiger partial charge in [-0.05, 0) is 36.2 Å². The number of nitrogens with zero attached hydrogens (tertiary/aromatic N) is 1. The van der Waals surface area contributed by atoms with Crippen LogP contribution in [0.1, 0.15) is 54.9 Å². The SMILES string of the molecule is Cc1nc(C(C)(C)C)sc1C(C)NCc1ccsc1. The van der Waals surface area contributed by atoms with E-state index in [0.717, 1.165) is 6.54 Å². The fourth-order valence-corrected chi connectivity index (χ4v) is 3.71. The van der Waals surface area contributed by atoms with Crippen LogP contribution in [0.3, 0.4) is 0 Å². The Bertz CT molecular complexity index is 521. The number of nitrogens with one attached hydrogen (secondary N) is 1. The molecule has 1 atom stereocenters. The first-order valence-corrected chi connectivity index (χ1v) is 8.36. The van der Waals surface area contributed by atoms with E-state index in [1.807, 2.05) is 11.3 Å². The zero-order chi connectivity index (χ0) is 14.0. The van der Waals surface area contributed by atoms with Crippen molar-refractivity contribution >= 4 is 22.7 Å². The molecule has 0 bridgehead atoms. The van der Waals surface area contributed by atoms with Crippen LogP contribution in [0.5, 0.6) is 0 Å². The second-order valence-electron chi connectivity index (χ2n) is 5.95. The predicted octanol–water partition coefficient (Wildman–Crippen LogP) is 4.66. The molecule has 104 valence electrons. The monoisotopic (exact) mass is 294 g/mol. The van der Waals surface area contributed by atoms with E-state index in [2.05, 4.69) is 56.8 Å². The van der Waals surface area contributed by atoms with Crippen LogP contribution in [0.25, 0.3) is 0 Å². The van der Waals surface area contributed by atoms with Gasteiger partial charge in [0.05, 0.1) is 10.7 Å². The van der Waals surface area contributed by atoms with Crippen LogP contribution >= 0.6 is 22.7 Å². The molecule has 19 heavy (non-hydrogen) atoms. The largest absolute Gasteiger partial charge is 0.305 e. The van der Waals surface area contributed by atoms with E-state index in [1.165, 1.54) is 21.1 Å². The molecule has 2 rings (SSSR count). The standard InChI is InChI=1S/C15H22N2S2/c1-10(16-8-12-6-7-18-9-12)13-11(2)17-14(19-13)15(3,4)5/h6-7,9-10,16H,8H2,1-5H3. The van der Waals surface area contributed by atoms with Crippen LogP contribution in [-0.2, 0) is 12.0 Å². The zero-order valence-corrected chi connectivity index (χ0v) is 13.9. The number of thiophene rings is 1. The van der Waals surface area contributed by atoms with Gasteiger partial charge in [-0.3, -0.25) is 0 Å². The number of rotatable bonds is 4. The van der Waals surface area contributed by atoms with Gasteiger partial charge in [-0.2, -0.15) is 11.3 Å². The third-order valence-corrected chi connectivity index (χ3v) is 5.56. The van der Waals surface area contributed by atoms with Crippen molar-refractivity contribution in [1.29, 1.82) is 0 Å². The van der Waals surface area contributed by atoms with Crippen LogP contribution in [0.15, 0.2) is 16.8 Å². The molecule has 1 N–H and O–H groups in total. The van der Waals surface area contributed by atoms with E-state index < -0.39 is 0 Å². The van der Waals surface area contributed by atoms with Crippen LogP contribution in [0.4, 0.5) is 0 Å². The van der Waals surface area contributed by atoms with E-state index in [0.29, 0.717) is 6.04 Å². The summed E-state index contributed by atoms with van der Waals surface area (Å²) in [4.78, 5) is 6.09. The lowest BCUT2D eigenvalue weighted by Gasteiger charge is -2.14. The van der Waals surface area contributed by atoms with Crippen LogP contribution in [0.2, 0.25) is 0 Å². The highest BCUT2D eigenvalue weighted by Crippen LogP contribution is 2.32. The first-order valence-electron chi connectivity index (χ1n) is 6.60. The topological polar surface area (TPSA) is 24.9 Å². The molecule has 0 aliphatic rings. The highest BCUT2D eigenvalue weighted by atomic mass is 32.1. The molecular weight excluding hydrogens is 272 g/mol. The van der Waals surface area contributed by atoms with E-state index in [9.17, 15) is 0 Å². The lowest BCUT2D eigenvalue weighted by Crippen LogP contribution is -2.17. The van der Waals surface area contributed by atoms with Gasteiger partial charge in [0.1, 0.15) is 0 Å². The Morgan fingerprint density at radius 1 is 1.37 bits per heavy atom. The first kappa shape index (κ1) is 14.7. The van der Waals surface area contributed by atoms with E-state index >= 15 is 0 Å².